The fraction of sp³-hybridized carbons (Fsp3) is 0.600. The third-order valence-electron chi connectivity index (χ3n) is 3.56. The van der Waals surface area contributed by atoms with Gasteiger partial charge in [-0.05, 0) is 20.3 Å². The van der Waals surface area contributed by atoms with Crippen molar-refractivity contribution in [3.63, 3.8) is 0 Å². The second-order valence-electron chi connectivity index (χ2n) is 5.51. The number of rotatable bonds is 7. The minimum atomic E-state index is -0.136. The van der Waals surface area contributed by atoms with E-state index in [0.717, 1.165) is 18.1 Å². The van der Waals surface area contributed by atoms with Crippen molar-refractivity contribution in [1.29, 1.82) is 0 Å². The van der Waals surface area contributed by atoms with Gasteiger partial charge in [0.1, 0.15) is 5.82 Å². The van der Waals surface area contributed by atoms with E-state index in [1.54, 1.807) is 0 Å². The number of amides is 2. The van der Waals surface area contributed by atoms with E-state index in [4.69, 9.17) is 0 Å². The molecule has 1 aromatic rings. The molecule has 0 bridgehead atoms. The average Bonchev–Trinajstić information content (AvgIpc) is 2.52. The Morgan fingerprint density at radius 1 is 1.35 bits per heavy atom. The van der Waals surface area contributed by atoms with E-state index in [1.807, 2.05) is 19.9 Å². The summed E-state index contributed by atoms with van der Waals surface area (Å²) in [4.78, 5) is 31.7. The van der Waals surface area contributed by atoms with E-state index >= 15 is 0 Å². The maximum atomic E-state index is 12.0. The van der Waals surface area contributed by atoms with Crippen LogP contribution in [0.25, 0.3) is 0 Å². The number of carbonyl (C=O) groups excluding carboxylic acids is 2. The average molecular weight is 320 g/mol. The summed E-state index contributed by atoms with van der Waals surface area (Å²) in [7, 11) is 0. The second-order valence-corrected chi connectivity index (χ2v) is 5.51. The monoisotopic (exact) mass is 320 g/mol. The van der Waals surface area contributed by atoms with Crippen molar-refractivity contribution in [1.82, 2.24) is 20.6 Å². The molecule has 2 amide bonds. The Labute approximate surface area is 135 Å². The predicted molar refractivity (Wildman–Crippen MR) is 88.2 cm³/mol. The Hall–Kier alpha value is -2.38. The zero-order valence-electron chi connectivity index (χ0n) is 13.6. The van der Waals surface area contributed by atoms with Gasteiger partial charge in [0.05, 0.1) is 5.92 Å². The number of aryl methyl sites for hydroxylation is 1. The highest BCUT2D eigenvalue weighted by Gasteiger charge is 2.23. The van der Waals surface area contributed by atoms with Crippen molar-refractivity contribution in [2.45, 2.75) is 26.7 Å². The maximum Gasteiger partial charge on any atom is 0.224 e. The van der Waals surface area contributed by atoms with Crippen LogP contribution in [0.1, 0.15) is 25.5 Å². The summed E-state index contributed by atoms with van der Waals surface area (Å²) < 4.78 is 0. The van der Waals surface area contributed by atoms with Crippen LogP contribution in [0.2, 0.25) is 0 Å². The minimum Gasteiger partial charge on any atom is -0.370 e. The predicted octanol–water partition coefficient (Wildman–Crippen LogP) is 0.271. The Kier molecular flexibility index (Phi) is 6.13. The molecular formula is C15H24N6O2. The molecule has 1 atom stereocenters. The molecule has 1 saturated heterocycles. The molecule has 1 unspecified atom stereocenters. The van der Waals surface area contributed by atoms with Crippen molar-refractivity contribution < 1.29 is 9.59 Å². The van der Waals surface area contributed by atoms with Crippen molar-refractivity contribution in [3.05, 3.63) is 11.8 Å². The first-order valence-electron chi connectivity index (χ1n) is 7.96. The standard InChI is InChI=1S/C15H24N6O2/c1-3-16-12-8-10(2)20-15(21-12)18-7-6-17-14(23)11-4-5-13(22)19-9-11/h8,11H,3-7,9H2,1-2H3,(H,17,23)(H,19,22)(H2,16,18,20,21). The molecule has 4 N–H and O–H groups in total. The van der Waals surface area contributed by atoms with Gasteiger partial charge in [0.15, 0.2) is 0 Å². The van der Waals surface area contributed by atoms with Crippen LogP contribution in [-0.2, 0) is 9.59 Å². The van der Waals surface area contributed by atoms with Crippen LogP contribution in [0.5, 0.6) is 0 Å². The summed E-state index contributed by atoms with van der Waals surface area (Å²) in [6, 6.07) is 1.88. The zero-order valence-corrected chi connectivity index (χ0v) is 13.6. The summed E-state index contributed by atoms with van der Waals surface area (Å²) in [6.07, 6.45) is 1.03. The third kappa shape index (κ3) is 5.39. The Bertz CT molecular complexity index is 553. The van der Waals surface area contributed by atoms with Gasteiger partial charge >= 0.3 is 0 Å². The van der Waals surface area contributed by atoms with Crippen LogP contribution in [0.4, 0.5) is 11.8 Å². The summed E-state index contributed by atoms with van der Waals surface area (Å²) in [5.41, 5.74) is 0.875. The molecule has 0 aliphatic carbocycles. The molecular weight excluding hydrogens is 296 g/mol. The highest BCUT2D eigenvalue weighted by Crippen LogP contribution is 2.11. The van der Waals surface area contributed by atoms with Gasteiger partial charge in [0.2, 0.25) is 17.8 Å². The van der Waals surface area contributed by atoms with Crippen molar-refractivity contribution in [2.75, 3.05) is 36.8 Å². The minimum absolute atomic E-state index is 0.0174. The molecule has 8 heteroatoms. The SMILES string of the molecule is CCNc1cc(C)nc(NCCNC(=O)C2CCC(=O)NC2)n1. The molecule has 1 aromatic heterocycles. The molecule has 2 rings (SSSR count). The van der Waals surface area contributed by atoms with Crippen molar-refractivity contribution >= 4 is 23.6 Å². The first kappa shape index (κ1) is 17.0. The maximum absolute atomic E-state index is 12.0. The number of hydrogen-bond donors (Lipinski definition) is 4. The van der Waals surface area contributed by atoms with Crippen LogP contribution in [-0.4, -0.2) is 48.0 Å². The van der Waals surface area contributed by atoms with Gasteiger partial charge in [-0.3, -0.25) is 9.59 Å². The van der Waals surface area contributed by atoms with Crippen molar-refractivity contribution in [2.24, 2.45) is 5.92 Å². The topological polar surface area (TPSA) is 108 Å². The summed E-state index contributed by atoms with van der Waals surface area (Å²) in [5, 5.41) is 11.8. The molecule has 1 aliphatic heterocycles. The normalized spacial score (nSPS) is 17.3. The van der Waals surface area contributed by atoms with Crippen LogP contribution in [0.15, 0.2) is 6.07 Å². The third-order valence-corrected chi connectivity index (χ3v) is 3.56. The smallest absolute Gasteiger partial charge is 0.224 e. The van der Waals surface area contributed by atoms with Crippen molar-refractivity contribution in [3.8, 4) is 0 Å². The molecule has 23 heavy (non-hydrogen) atoms. The molecule has 0 aromatic carbocycles. The summed E-state index contributed by atoms with van der Waals surface area (Å²) >= 11 is 0. The lowest BCUT2D eigenvalue weighted by Gasteiger charge is -2.21. The highest BCUT2D eigenvalue weighted by molar-refractivity contribution is 5.83. The van der Waals surface area contributed by atoms with E-state index in [0.29, 0.717) is 38.4 Å². The van der Waals surface area contributed by atoms with Gasteiger partial charge in [-0.1, -0.05) is 0 Å². The van der Waals surface area contributed by atoms with Crippen LogP contribution in [0, 0.1) is 12.8 Å². The number of piperidine rings is 1. The fourth-order valence-corrected chi connectivity index (χ4v) is 2.38. The van der Waals surface area contributed by atoms with Gasteiger partial charge in [-0.15, -0.1) is 0 Å². The molecule has 8 nitrogen and oxygen atoms in total. The van der Waals surface area contributed by atoms with Crippen LogP contribution < -0.4 is 21.3 Å². The zero-order chi connectivity index (χ0) is 16.7. The summed E-state index contributed by atoms with van der Waals surface area (Å²) in [5.74, 6) is 1.18. The Morgan fingerprint density at radius 2 is 2.17 bits per heavy atom. The number of hydrogen-bond acceptors (Lipinski definition) is 6. The van der Waals surface area contributed by atoms with E-state index in [-0.39, 0.29) is 17.7 Å². The quantitative estimate of drug-likeness (QED) is 0.537. The molecule has 2 heterocycles. The molecule has 0 radical (unpaired) electrons. The lowest BCUT2D eigenvalue weighted by Crippen LogP contribution is -2.43. The van der Waals surface area contributed by atoms with Gasteiger partial charge in [-0.25, -0.2) is 4.98 Å². The van der Waals surface area contributed by atoms with Gasteiger partial charge in [-0.2, -0.15) is 4.98 Å². The van der Waals surface area contributed by atoms with Gasteiger partial charge < -0.3 is 21.3 Å². The Morgan fingerprint density at radius 3 is 2.87 bits per heavy atom. The lowest BCUT2D eigenvalue weighted by molar-refractivity contribution is -0.128. The molecule has 1 fully saturated rings. The number of nitrogens with zero attached hydrogens (tertiary/aromatic N) is 2. The molecule has 0 spiro atoms. The number of anilines is 2. The van der Waals surface area contributed by atoms with Gasteiger partial charge in [0.25, 0.3) is 0 Å². The first-order chi connectivity index (χ1) is 11.1. The van der Waals surface area contributed by atoms with E-state index < -0.39 is 0 Å². The van der Waals surface area contributed by atoms with E-state index in [9.17, 15) is 9.59 Å². The Balaban J connectivity index is 1.72. The second kappa shape index (κ2) is 8.30. The lowest BCUT2D eigenvalue weighted by atomic mass is 9.98. The van der Waals surface area contributed by atoms with E-state index in [1.165, 1.54) is 0 Å². The van der Waals surface area contributed by atoms with Crippen LogP contribution >= 0.6 is 0 Å². The fourth-order valence-electron chi connectivity index (χ4n) is 2.38. The first-order valence-corrected chi connectivity index (χ1v) is 7.96. The van der Waals surface area contributed by atoms with E-state index in [2.05, 4.69) is 31.2 Å². The highest BCUT2D eigenvalue weighted by atomic mass is 16.2. The number of aromatic nitrogens is 2. The largest absolute Gasteiger partial charge is 0.370 e. The van der Waals surface area contributed by atoms with Crippen LogP contribution in [0.3, 0.4) is 0 Å². The summed E-state index contributed by atoms with van der Waals surface area (Å²) in [6.45, 7) is 6.16. The van der Waals surface area contributed by atoms with Gasteiger partial charge in [0, 0.05) is 44.4 Å². The number of nitrogens with one attached hydrogen (secondary N) is 4. The molecule has 126 valence electrons. The molecule has 1 aliphatic rings. The molecule has 0 saturated carbocycles. The number of carbonyl (C=O) groups is 2.